The molecule has 0 spiro atoms. The van der Waals surface area contributed by atoms with Crippen molar-refractivity contribution in [2.24, 2.45) is 5.92 Å². The van der Waals surface area contributed by atoms with Gasteiger partial charge >= 0.3 is 11.6 Å². The minimum absolute atomic E-state index is 0.0295. The summed E-state index contributed by atoms with van der Waals surface area (Å²) in [7, 11) is 0. The number of aromatic carboxylic acids is 1. The molecule has 34 heavy (non-hydrogen) atoms. The number of rotatable bonds is 8. The van der Waals surface area contributed by atoms with Crippen LogP contribution in [0.25, 0.3) is 11.0 Å². The molecule has 0 bridgehead atoms. The van der Waals surface area contributed by atoms with Crippen molar-refractivity contribution in [2.45, 2.75) is 59.4 Å². The monoisotopic (exact) mass is 466 g/mol. The van der Waals surface area contributed by atoms with Gasteiger partial charge in [-0.25, -0.2) is 9.59 Å². The van der Waals surface area contributed by atoms with Crippen molar-refractivity contribution in [3.63, 3.8) is 0 Å². The Morgan fingerprint density at radius 1 is 1.21 bits per heavy atom. The molecule has 1 saturated heterocycles. The fourth-order valence-electron chi connectivity index (χ4n) is 4.25. The highest BCUT2D eigenvalue weighted by Crippen LogP contribution is 2.39. The molecule has 0 aliphatic carbocycles. The van der Waals surface area contributed by atoms with Crippen LogP contribution in [-0.2, 0) is 17.8 Å². The summed E-state index contributed by atoms with van der Waals surface area (Å²) in [5.74, 6) is -0.535. The molecule has 0 saturated carbocycles. The van der Waals surface area contributed by atoms with Crippen molar-refractivity contribution in [1.29, 1.82) is 0 Å². The highest BCUT2D eigenvalue weighted by molar-refractivity contribution is 6.00. The van der Waals surface area contributed by atoms with E-state index in [-0.39, 0.29) is 30.1 Å². The summed E-state index contributed by atoms with van der Waals surface area (Å²) in [4.78, 5) is 24.9. The van der Waals surface area contributed by atoms with Crippen molar-refractivity contribution >= 4 is 16.9 Å². The van der Waals surface area contributed by atoms with E-state index in [0.29, 0.717) is 29.7 Å². The molecule has 1 aromatic heterocycles. The standard InChI is InChI=1S/C27H30O7/c1-16(2)13-19-14-20(33-21-11-7-8-12-31-21)17(3)24-22(19)25(23(26(28)29)27(30)34-24)32-15-18-9-5-4-6-10-18/h4-6,9-10,14,16,21H,7-8,11-13,15H2,1-3H3,(H,28,29). The predicted molar refractivity (Wildman–Crippen MR) is 128 cm³/mol. The molecule has 1 aliphatic heterocycles. The molecule has 1 atom stereocenters. The lowest BCUT2D eigenvalue weighted by atomic mass is 9.95. The summed E-state index contributed by atoms with van der Waals surface area (Å²) in [6.07, 6.45) is 3.06. The molecule has 2 aromatic carbocycles. The van der Waals surface area contributed by atoms with Gasteiger partial charge < -0.3 is 23.7 Å². The average Bonchev–Trinajstić information content (AvgIpc) is 2.81. The zero-order valence-corrected chi connectivity index (χ0v) is 19.8. The molecular weight excluding hydrogens is 436 g/mol. The Hall–Kier alpha value is -3.32. The Bertz CT molecular complexity index is 1220. The summed E-state index contributed by atoms with van der Waals surface area (Å²) in [6, 6.07) is 11.3. The van der Waals surface area contributed by atoms with E-state index in [0.717, 1.165) is 30.4 Å². The summed E-state index contributed by atoms with van der Waals surface area (Å²) in [5, 5.41) is 10.3. The molecule has 4 rings (SSSR count). The predicted octanol–water partition coefficient (Wildman–Crippen LogP) is 5.48. The number of ether oxygens (including phenoxy) is 3. The van der Waals surface area contributed by atoms with Gasteiger partial charge in [0.15, 0.2) is 17.6 Å². The van der Waals surface area contributed by atoms with Crippen molar-refractivity contribution in [1.82, 2.24) is 0 Å². The molecule has 0 amide bonds. The van der Waals surface area contributed by atoms with Crippen molar-refractivity contribution in [3.8, 4) is 11.5 Å². The van der Waals surface area contributed by atoms with E-state index >= 15 is 0 Å². The maximum absolute atomic E-state index is 12.8. The van der Waals surface area contributed by atoms with E-state index < -0.39 is 17.2 Å². The third kappa shape index (κ3) is 5.09. The van der Waals surface area contributed by atoms with Crippen LogP contribution >= 0.6 is 0 Å². The first-order valence-electron chi connectivity index (χ1n) is 11.7. The van der Waals surface area contributed by atoms with E-state index in [1.54, 1.807) is 6.92 Å². The van der Waals surface area contributed by atoms with Crippen LogP contribution in [0.2, 0.25) is 0 Å². The first kappa shape index (κ1) is 23.8. The van der Waals surface area contributed by atoms with Gasteiger partial charge in [-0.15, -0.1) is 0 Å². The first-order chi connectivity index (χ1) is 16.3. The summed E-state index contributed by atoms with van der Waals surface area (Å²) >= 11 is 0. The minimum atomic E-state index is -1.39. The number of aryl methyl sites for hydroxylation is 1. The van der Waals surface area contributed by atoms with Gasteiger partial charge in [0.2, 0.25) is 0 Å². The Balaban J connectivity index is 1.89. The van der Waals surface area contributed by atoms with Crippen LogP contribution in [-0.4, -0.2) is 24.0 Å². The highest BCUT2D eigenvalue weighted by Gasteiger charge is 2.27. The third-order valence-corrected chi connectivity index (χ3v) is 5.88. The topological polar surface area (TPSA) is 95.2 Å². The molecule has 2 heterocycles. The second-order valence-electron chi connectivity index (χ2n) is 9.05. The van der Waals surface area contributed by atoms with E-state index in [1.165, 1.54) is 0 Å². The number of benzene rings is 2. The smallest absolute Gasteiger partial charge is 0.354 e. The van der Waals surface area contributed by atoms with Gasteiger partial charge in [0.25, 0.3) is 0 Å². The van der Waals surface area contributed by atoms with Crippen molar-refractivity contribution in [3.05, 3.63) is 69.1 Å². The van der Waals surface area contributed by atoms with Crippen LogP contribution in [0.15, 0.2) is 45.6 Å². The van der Waals surface area contributed by atoms with Crippen LogP contribution in [0.5, 0.6) is 11.5 Å². The lowest BCUT2D eigenvalue weighted by Crippen LogP contribution is -2.25. The lowest BCUT2D eigenvalue weighted by Gasteiger charge is -2.25. The number of carbonyl (C=O) groups is 1. The van der Waals surface area contributed by atoms with E-state index in [2.05, 4.69) is 13.8 Å². The van der Waals surface area contributed by atoms with Crippen LogP contribution in [0.3, 0.4) is 0 Å². The van der Waals surface area contributed by atoms with Crippen LogP contribution in [0.1, 0.15) is 60.2 Å². The second-order valence-corrected chi connectivity index (χ2v) is 9.05. The Morgan fingerprint density at radius 3 is 2.62 bits per heavy atom. The first-order valence-corrected chi connectivity index (χ1v) is 11.7. The van der Waals surface area contributed by atoms with E-state index in [1.807, 2.05) is 36.4 Å². The highest BCUT2D eigenvalue weighted by atomic mass is 16.7. The molecule has 1 unspecified atom stereocenters. The number of fused-ring (bicyclic) bond motifs is 1. The fourth-order valence-corrected chi connectivity index (χ4v) is 4.25. The van der Waals surface area contributed by atoms with Gasteiger partial charge in [-0.2, -0.15) is 0 Å². The maximum atomic E-state index is 12.8. The third-order valence-electron chi connectivity index (χ3n) is 5.88. The molecule has 1 N–H and O–H groups in total. The summed E-state index contributed by atoms with van der Waals surface area (Å²) in [6.45, 7) is 6.69. The van der Waals surface area contributed by atoms with Crippen molar-refractivity contribution < 1.29 is 28.5 Å². The van der Waals surface area contributed by atoms with Crippen LogP contribution in [0, 0.1) is 12.8 Å². The molecule has 3 aromatic rings. The Morgan fingerprint density at radius 2 is 1.97 bits per heavy atom. The van der Waals surface area contributed by atoms with Gasteiger partial charge in [0.1, 0.15) is 17.9 Å². The van der Waals surface area contributed by atoms with Crippen LogP contribution < -0.4 is 15.1 Å². The van der Waals surface area contributed by atoms with Crippen LogP contribution in [0.4, 0.5) is 0 Å². The van der Waals surface area contributed by atoms with Crippen molar-refractivity contribution in [2.75, 3.05) is 6.61 Å². The van der Waals surface area contributed by atoms with Gasteiger partial charge in [-0.3, -0.25) is 0 Å². The second kappa shape index (κ2) is 10.3. The largest absolute Gasteiger partial charge is 0.487 e. The Kier molecular flexibility index (Phi) is 7.22. The van der Waals surface area contributed by atoms with Gasteiger partial charge in [0, 0.05) is 12.0 Å². The normalized spacial score (nSPS) is 16.1. The molecule has 7 nitrogen and oxygen atoms in total. The van der Waals surface area contributed by atoms with Gasteiger partial charge in [-0.1, -0.05) is 44.2 Å². The molecule has 180 valence electrons. The molecule has 0 radical (unpaired) electrons. The number of hydrogen-bond donors (Lipinski definition) is 1. The average molecular weight is 467 g/mol. The minimum Gasteiger partial charge on any atom is -0.487 e. The van der Waals surface area contributed by atoms with E-state index in [4.69, 9.17) is 18.6 Å². The molecule has 7 heteroatoms. The maximum Gasteiger partial charge on any atom is 0.354 e. The number of carboxylic acid groups (broad SMARTS) is 1. The molecule has 1 aliphatic rings. The Labute approximate surface area is 198 Å². The summed E-state index contributed by atoms with van der Waals surface area (Å²) in [5.41, 5.74) is 1.09. The zero-order valence-electron chi connectivity index (χ0n) is 19.8. The van der Waals surface area contributed by atoms with Gasteiger partial charge in [0.05, 0.1) is 12.0 Å². The van der Waals surface area contributed by atoms with Gasteiger partial charge in [-0.05, 0) is 49.3 Å². The summed E-state index contributed by atoms with van der Waals surface area (Å²) < 4.78 is 23.5. The van der Waals surface area contributed by atoms with E-state index in [9.17, 15) is 14.7 Å². The molecular formula is C27H30O7. The number of carboxylic acids is 1. The number of hydrogen-bond acceptors (Lipinski definition) is 6. The quantitative estimate of drug-likeness (QED) is 0.439. The fraction of sp³-hybridized carbons (Fsp3) is 0.407. The SMILES string of the molecule is Cc1c(OC2CCCCO2)cc(CC(C)C)c2c(OCc3ccccc3)c(C(=O)O)c(=O)oc12. The lowest BCUT2D eigenvalue weighted by molar-refractivity contribution is -0.106. The molecule has 1 fully saturated rings. The zero-order chi connectivity index (χ0) is 24.2.